The molecule has 1 rings (SSSR count). The Morgan fingerprint density at radius 1 is 1.30 bits per heavy atom. The molecule has 5 heteroatoms. The number of likely N-dealkylation sites (N-methyl/N-ethyl adjacent to an activating group) is 1. The quantitative estimate of drug-likeness (QED) is 0.581. The summed E-state index contributed by atoms with van der Waals surface area (Å²) in [5.41, 5.74) is -0.872. The Morgan fingerprint density at radius 2 is 1.90 bits per heavy atom. The van der Waals surface area contributed by atoms with Crippen molar-refractivity contribution < 1.29 is 14.6 Å². The number of carbonyl (C=O) groups is 1. The Balaban J connectivity index is 2.12. The van der Waals surface area contributed by atoms with Gasteiger partial charge in [0.25, 0.3) is 0 Å². The van der Waals surface area contributed by atoms with Crippen molar-refractivity contribution in [1.29, 1.82) is 0 Å². The fourth-order valence-electron chi connectivity index (χ4n) is 2.58. The summed E-state index contributed by atoms with van der Waals surface area (Å²) < 4.78 is 5.81. The van der Waals surface area contributed by atoms with Crippen molar-refractivity contribution in [1.82, 2.24) is 10.2 Å². The summed E-state index contributed by atoms with van der Waals surface area (Å²) >= 11 is 0. The predicted molar refractivity (Wildman–Crippen MR) is 79.8 cm³/mol. The van der Waals surface area contributed by atoms with Gasteiger partial charge in [-0.3, -0.25) is 0 Å². The van der Waals surface area contributed by atoms with E-state index in [1.54, 1.807) is 20.9 Å². The molecule has 0 aromatic rings. The highest BCUT2D eigenvalue weighted by Gasteiger charge is 2.19. The first-order chi connectivity index (χ1) is 9.38. The van der Waals surface area contributed by atoms with Crippen LogP contribution in [0, 0.1) is 0 Å². The molecule has 5 nitrogen and oxygen atoms in total. The molecule has 0 aliphatic heterocycles. The van der Waals surface area contributed by atoms with Crippen molar-refractivity contribution in [3.63, 3.8) is 0 Å². The number of urea groups is 1. The lowest BCUT2D eigenvalue weighted by atomic mass is 10.1. The summed E-state index contributed by atoms with van der Waals surface area (Å²) in [5.74, 6) is 0. The van der Waals surface area contributed by atoms with Gasteiger partial charge in [0.05, 0.1) is 24.9 Å². The summed E-state index contributed by atoms with van der Waals surface area (Å²) in [6.45, 7) is 4.76. The number of carbonyl (C=O) groups excluding carboxylic acids is 1. The minimum Gasteiger partial charge on any atom is -0.389 e. The maximum absolute atomic E-state index is 11.8. The van der Waals surface area contributed by atoms with Crippen LogP contribution in [-0.2, 0) is 4.74 Å². The number of amides is 2. The number of aliphatic hydroxyl groups is 1. The minimum absolute atomic E-state index is 0.170. The molecule has 2 amide bonds. The highest BCUT2D eigenvalue weighted by Crippen LogP contribution is 2.19. The van der Waals surface area contributed by atoms with E-state index in [0.29, 0.717) is 25.8 Å². The molecular weight excluding hydrogens is 256 g/mol. The molecule has 0 spiro atoms. The average Bonchev–Trinajstić information content (AvgIpc) is 2.60. The van der Waals surface area contributed by atoms with Gasteiger partial charge in [-0.15, -0.1) is 0 Å². The molecule has 20 heavy (non-hydrogen) atoms. The molecule has 1 aliphatic carbocycles. The molecule has 0 saturated heterocycles. The lowest BCUT2D eigenvalue weighted by molar-refractivity contribution is 0.0424. The zero-order valence-corrected chi connectivity index (χ0v) is 13.2. The third kappa shape index (κ3) is 7.70. The maximum Gasteiger partial charge on any atom is 0.317 e. The summed E-state index contributed by atoms with van der Waals surface area (Å²) in [6, 6.07) is -0.170. The molecule has 2 N–H and O–H groups in total. The Bertz CT molecular complexity index is 281. The summed E-state index contributed by atoms with van der Waals surface area (Å²) in [6.07, 6.45) is 7.80. The fourth-order valence-corrected chi connectivity index (χ4v) is 2.58. The number of nitrogens with zero attached hydrogens (tertiary/aromatic N) is 1. The Morgan fingerprint density at radius 3 is 2.45 bits per heavy atom. The molecule has 1 fully saturated rings. The molecule has 0 bridgehead atoms. The van der Waals surface area contributed by atoms with Gasteiger partial charge in [-0.1, -0.05) is 25.7 Å². The third-order valence-electron chi connectivity index (χ3n) is 3.50. The minimum atomic E-state index is -0.872. The van der Waals surface area contributed by atoms with Crippen LogP contribution in [0.2, 0.25) is 0 Å². The van der Waals surface area contributed by atoms with Gasteiger partial charge < -0.3 is 20.1 Å². The van der Waals surface area contributed by atoms with Gasteiger partial charge in [-0.25, -0.2) is 4.79 Å². The number of nitrogens with one attached hydrogen (secondary N) is 1. The van der Waals surface area contributed by atoms with Crippen LogP contribution < -0.4 is 5.32 Å². The summed E-state index contributed by atoms with van der Waals surface area (Å²) in [4.78, 5) is 13.3. The zero-order chi connectivity index (χ0) is 15.0. The second-order valence-corrected chi connectivity index (χ2v) is 6.38. The molecule has 0 heterocycles. The SMILES string of the molecule is CN(CC(C)(C)O)C(=O)NCCOC1CCCCCC1. The van der Waals surface area contributed by atoms with Gasteiger partial charge in [0.2, 0.25) is 0 Å². The molecule has 0 unspecified atom stereocenters. The molecule has 0 aromatic carbocycles. The van der Waals surface area contributed by atoms with Crippen molar-refractivity contribution in [2.45, 2.75) is 64.1 Å². The van der Waals surface area contributed by atoms with E-state index in [1.165, 1.54) is 30.6 Å². The van der Waals surface area contributed by atoms with Crippen molar-refractivity contribution in [2.24, 2.45) is 0 Å². The normalized spacial score (nSPS) is 17.6. The second-order valence-electron chi connectivity index (χ2n) is 6.38. The lowest BCUT2D eigenvalue weighted by Gasteiger charge is -2.25. The van der Waals surface area contributed by atoms with Gasteiger partial charge in [0, 0.05) is 13.6 Å². The monoisotopic (exact) mass is 286 g/mol. The van der Waals surface area contributed by atoms with Crippen LogP contribution in [-0.4, -0.2) is 54.5 Å². The molecule has 0 aromatic heterocycles. The van der Waals surface area contributed by atoms with Crippen molar-refractivity contribution in [3.8, 4) is 0 Å². The van der Waals surface area contributed by atoms with E-state index in [9.17, 15) is 9.90 Å². The standard InChI is InChI=1S/C15H30N2O3/c1-15(2,19)12-17(3)14(18)16-10-11-20-13-8-6-4-5-7-9-13/h13,19H,4-12H2,1-3H3,(H,16,18). The van der Waals surface area contributed by atoms with Crippen LogP contribution in [0.3, 0.4) is 0 Å². The molecule has 0 atom stereocenters. The summed E-state index contributed by atoms with van der Waals surface area (Å²) in [7, 11) is 1.68. The number of hydrogen-bond donors (Lipinski definition) is 2. The predicted octanol–water partition coefficient (Wildman–Crippen LogP) is 2.14. The molecular formula is C15H30N2O3. The Hall–Kier alpha value is -0.810. The largest absolute Gasteiger partial charge is 0.389 e. The summed E-state index contributed by atoms with van der Waals surface area (Å²) in [5, 5.41) is 12.5. The van der Waals surface area contributed by atoms with E-state index in [4.69, 9.17) is 4.74 Å². The van der Waals surface area contributed by atoms with Gasteiger partial charge in [0.1, 0.15) is 0 Å². The zero-order valence-electron chi connectivity index (χ0n) is 13.2. The highest BCUT2D eigenvalue weighted by atomic mass is 16.5. The van der Waals surface area contributed by atoms with Crippen LogP contribution in [0.15, 0.2) is 0 Å². The van der Waals surface area contributed by atoms with Crippen molar-refractivity contribution in [3.05, 3.63) is 0 Å². The molecule has 0 radical (unpaired) electrons. The van der Waals surface area contributed by atoms with Crippen LogP contribution in [0.25, 0.3) is 0 Å². The molecule has 1 saturated carbocycles. The number of rotatable bonds is 6. The van der Waals surface area contributed by atoms with Crippen molar-refractivity contribution >= 4 is 6.03 Å². The van der Waals surface area contributed by atoms with E-state index in [2.05, 4.69) is 5.32 Å². The topological polar surface area (TPSA) is 61.8 Å². The molecule has 118 valence electrons. The van der Waals surface area contributed by atoms with Gasteiger partial charge in [-0.2, -0.15) is 0 Å². The lowest BCUT2D eigenvalue weighted by Crippen LogP contribution is -2.45. The highest BCUT2D eigenvalue weighted by molar-refractivity contribution is 5.73. The Kier molecular flexibility index (Phi) is 7.30. The van der Waals surface area contributed by atoms with Crippen LogP contribution >= 0.6 is 0 Å². The van der Waals surface area contributed by atoms with Crippen LogP contribution in [0.5, 0.6) is 0 Å². The smallest absolute Gasteiger partial charge is 0.317 e. The van der Waals surface area contributed by atoms with Crippen molar-refractivity contribution in [2.75, 3.05) is 26.7 Å². The number of ether oxygens (including phenoxy) is 1. The van der Waals surface area contributed by atoms with E-state index < -0.39 is 5.60 Å². The number of hydrogen-bond acceptors (Lipinski definition) is 3. The first-order valence-corrected chi connectivity index (χ1v) is 7.71. The maximum atomic E-state index is 11.8. The van der Waals surface area contributed by atoms with Gasteiger partial charge in [-0.05, 0) is 26.7 Å². The third-order valence-corrected chi connectivity index (χ3v) is 3.50. The van der Waals surface area contributed by atoms with Gasteiger partial charge in [0.15, 0.2) is 0 Å². The first kappa shape index (κ1) is 17.2. The van der Waals surface area contributed by atoms with E-state index in [0.717, 1.165) is 12.8 Å². The van der Waals surface area contributed by atoms with E-state index >= 15 is 0 Å². The first-order valence-electron chi connectivity index (χ1n) is 7.71. The Labute approximate surface area is 122 Å². The average molecular weight is 286 g/mol. The fraction of sp³-hybridized carbons (Fsp3) is 0.933. The van der Waals surface area contributed by atoms with Gasteiger partial charge >= 0.3 is 6.03 Å². The van der Waals surface area contributed by atoms with Crippen LogP contribution in [0.1, 0.15) is 52.4 Å². The van der Waals surface area contributed by atoms with E-state index in [1.807, 2.05) is 0 Å². The molecule has 1 aliphatic rings. The second kappa shape index (κ2) is 8.47. The van der Waals surface area contributed by atoms with E-state index in [-0.39, 0.29) is 6.03 Å². The van der Waals surface area contributed by atoms with Crippen LogP contribution in [0.4, 0.5) is 4.79 Å².